The Balaban J connectivity index is 2.65. The van der Waals surface area contributed by atoms with E-state index in [1.807, 2.05) is 13.8 Å². The fourth-order valence-electron chi connectivity index (χ4n) is 1.59. The summed E-state index contributed by atoms with van der Waals surface area (Å²) in [5.74, 6) is -1.66. The molecular formula is C13H16ClFN2O3. The first-order chi connectivity index (χ1) is 9.29. The second-order valence-corrected chi connectivity index (χ2v) is 5.15. The van der Waals surface area contributed by atoms with Crippen molar-refractivity contribution in [3.63, 3.8) is 0 Å². The van der Waals surface area contributed by atoms with Gasteiger partial charge in [0.25, 0.3) is 0 Å². The van der Waals surface area contributed by atoms with Gasteiger partial charge < -0.3 is 15.7 Å². The van der Waals surface area contributed by atoms with E-state index in [1.165, 1.54) is 12.1 Å². The number of anilines is 1. The summed E-state index contributed by atoms with van der Waals surface area (Å²) in [7, 11) is 0. The number of carbonyl (C=O) groups is 2. The van der Waals surface area contributed by atoms with Crippen LogP contribution in [0.4, 0.5) is 14.9 Å². The summed E-state index contributed by atoms with van der Waals surface area (Å²) in [6.07, 6.45) is 0.303. The summed E-state index contributed by atoms with van der Waals surface area (Å²) in [4.78, 5) is 22.7. The van der Waals surface area contributed by atoms with E-state index in [2.05, 4.69) is 10.6 Å². The molecule has 20 heavy (non-hydrogen) atoms. The predicted octanol–water partition coefficient (Wildman–Crippen LogP) is 3.10. The monoisotopic (exact) mass is 302 g/mol. The Labute approximate surface area is 121 Å². The van der Waals surface area contributed by atoms with Gasteiger partial charge in [-0.05, 0) is 30.5 Å². The maximum Gasteiger partial charge on any atom is 0.326 e. The Morgan fingerprint density at radius 3 is 2.55 bits per heavy atom. The molecule has 1 rings (SSSR count). The maximum absolute atomic E-state index is 13.2. The largest absolute Gasteiger partial charge is 0.480 e. The Bertz CT molecular complexity index is 508. The zero-order valence-electron chi connectivity index (χ0n) is 11.1. The highest BCUT2D eigenvalue weighted by Gasteiger charge is 2.21. The molecule has 0 saturated carbocycles. The third-order valence-electron chi connectivity index (χ3n) is 2.49. The number of carboxylic acids is 1. The highest BCUT2D eigenvalue weighted by Crippen LogP contribution is 2.18. The second-order valence-electron chi connectivity index (χ2n) is 4.75. The molecule has 5 nitrogen and oxygen atoms in total. The number of aliphatic carboxylic acids is 1. The van der Waals surface area contributed by atoms with Gasteiger partial charge in [-0.1, -0.05) is 25.4 Å². The van der Waals surface area contributed by atoms with Crippen LogP contribution in [-0.2, 0) is 4.79 Å². The molecule has 0 saturated heterocycles. The fraction of sp³-hybridized carbons (Fsp3) is 0.385. The predicted molar refractivity (Wildman–Crippen MR) is 74.4 cm³/mol. The van der Waals surface area contributed by atoms with Crippen molar-refractivity contribution in [1.82, 2.24) is 5.32 Å². The summed E-state index contributed by atoms with van der Waals surface area (Å²) in [6.45, 7) is 3.70. The van der Waals surface area contributed by atoms with Crippen molar-refractivity contribution < 1.29 is 19.1 Å². The zero-order chi connectivity index (χ0) is 15.3. The van der Waals surface area contributed by atoms with Gasteiger partial charge in [-0.3, -0.25) is 0 Å². The molecule has 7 heteroatoms. The first kappa shape index (κ1) is 16.2. The lowest BCUT2D eigenvalue weighted by Gasteiger charge is -2.17. The quantitative estimate of drug-likeness (QED) is 0.782. The normalized spacial score (nSPS) is 12.1. The molecule has 2 amide bonds. The number of benzene rings is 1. The van der Waals surface area contributed by atoms with Crippen LogP contribution in [-0.4, -0.2) is 23.1 Å². The van der Waals surface area contributed by atoms with Crippen LogP contribution in [0.15, 0.2) is 18.2 Å². The van der Waals surface area contributed by atoms with E-state index >= 15 is 0 Å². The Hall–Kier alpha value is -1.82. The standard InChI is InChI=1S/C13H16ClFN2O3/c1-7(2)5-11(12(18)19)17-13(20)16-8-3-4-9(14)10(15)6-8/h3-4,6-7,11H,5H2,1-2H3,(H,18,19)(H2,16,17,20)/t11-/m0/s1. The smallest absolute Gasteiger partial charge is 0.326 e. The molecule has 0 unspecified atom stereocenters. The van der Waals surface area contributed by atoms with Crippen LogP contribution in [0.2, 0.25) is 5.02 Å². The van der Waals surface area contributed by atoms with E-state index in [0.717, 1.165) is 6.07 Å². The first-order valence-electron chi connectivity index (χ1n) is 6.05. The number of halogens is 2. The topological polar surface area (TPSA) is 78.4 Å². The van der Waals surface area contributed by atoms with Gasteiger partial charge in [0, 0.05) is 5.69 Å². The lowest BCUT2D eigenvalue weighted by atomic mass is 10.0. The van der Waals surface area contributed by atoms with Gasteiger partial charge in [0.15, 0.2) is 0 Å². The van der Waals surface area contributed by atoms with Crippen LogP contribution < -0.4 is 10.6 Å². The fourth-order valence-corrected chi connectivity index (χ4v) is 1.71. The highest BCUT2D eigenvalue weighted by atomic mass is 35.5. The lowest BCUT2D eigenvalue weighted by Crippen LogP contribution is -2.43. The number of amides is 2. The summed E-state index contributed by atoms with van der Waals surface area (Å²) < 4.78 is 13.2. The van der Waals surface area contributed by atoms with Crippen LogP contribution in [0.3, 0.4) is 0 Å². The molecule has 0 aliphatic rings. The van der Waals surface area contributed by atoms with Crippen LogP contribution in [0.25, 0.3) is 0 Å². The molecule has 0 aliphatic carbocycles. The summed E-state index contributed by atoms with van der Waals surface area (Å²) >= 11 is 5.52. The van der Waals surface area contributed by atoms with Crippen LogP contribution in [0.1, 0.15) is 20.3 Å². The lowest BCUT2D eigenvalue weighted by molar-refractivity contribution is -0.139. The SMILES string of the molecule is CC(C)C[C@H](NC(=O)Nc1ccc(Cl)c(F)c1)C(=O)O. The van der Waals surface area contributed by atoms with Gasteiger partial charge >= 0.3 is 12.0 Å². The molecule has 110 valence electrons. The molecule has 0 bridgehead atoms. The van der Waals surface area contributed by atoms with Gasteiger partial charge in [0.1, 0.15) is 11.9 Å². The number of urea groups is 1. The molecule has 0 fully saturated rings. The van der Waals surface area contributed by atoms with Gasteiger partial charge in [-0.15, -0.1) is 0 Å². The summed E-state index contributed by atoms with van der Waals surface area (Å²) in [6, 6.07) is 2.07. The number of hydrogen-bond acceptors (Lipinski definition) is 2. The zero-order valence-corrected chi connectivity index (χ0v) is 11.9. The number of hydrogen-bond donors (Lipinski definition) is 3. The summed E-state index contributed by atoms with van der Waals surface area (Å²) in [5, 5.41) is 13.6. The Morgan fingerprint density at radius 1 is 1.40 bits per heavy atom. The third-order valence-corrected chi connectivity index (χ3v) is 2.79. The van der Waals surface area contributed by atoms with Crippen molar-refractivity contribution in [3.05, 3.63) is 29.0 Å². The molecule has 0 radical (unpaired) electrons. The average molecular weight is 303 g/mol. The number of carbonyl (C=O) groups excluding carboxylic acids is 1. The molecule has 0 heterocycles. The van der Waals surface area contributed by atoms with E-state index in [-0.39, 0.29) is 16.6 Å². The van der Waals surface area contributed by atoms with Crippen molar-refractivity contribution in [2.45, 2.75) is 26.3 Å². The van der Waals surface area contributed by atoms with E-state index in [0.29, 0.717) is 6.42 Å². The van der Waals surface area contributed by atoms with Crippen LogP contribution in [0, 0.1) is 11.7 Å². The molecule has 0 aliphatic heterocycles. The van der Waals surface area contributed by atoms with E-state index in [4.69, 9.17) is 16.7 Å². The van der Waals surface area contributed by atoms with Crippen molar-refractivity contribution in [1.29, 1.82) is 0 Å². The van der Waals surface area contributed by atoms with Crippen LogP contribution >= 0.6 is 11.6 Å². The van der Waals surface area contributed by atoms with Gasteiger partial charge in [-0.2, -0.15) is 0 Å². The Morgan fingerprint density at radius 2 is 2.05 bits per heavy atom. The average Bonchev–Trinajstić information content (AvgIpc) is 2.32. The van der Waals surface area contributed by atoms with E-state index < -0.39 is 23.9 Å². The third kappa shape index (κ3) is 5.05. The highest BCUT2D eigenvalue weighted by molar-refractivity contribution is 6.30. The minimum Gasteiger partial charge on any atom is -0.480 e. The van der Waals surface area contributed by atoms with Crippen molar-refractivity contribution >= 4 is 29.3 Å². The first-order valence-corrected chi connectivity index (χ1v) is 6.42. The molecule has 3 N–H and O–H groups in total. The molecule has 1 atom stereocenters. The minimum atomic E-state index is -1.11. The molecule has 0 aromatic heterocycles. The van der Waals surface area contributed by atoms with Gasteiger partial charge in [0.05, 0.1) is 5.02 Å². The van der Waals surface area contributed by atoms with Gasteiger partial charge in [0.2, 0.25) is 0 Å². The van der Waals surface area contributed by atoms with Gasteiger partial charge in [-0.25, -0.2) is 14.0 Å². The van der Waals surface area contributed by atoms with Crippen LogP contribution in [0.5, 0.6) is 0 Å². The molecule has 1 aromatic rings. The molecule has 1 aromatic carbocycles. The molecule has 0 spiro atoms. The van der Waals surface area contributed by atoms with Crippen molar-refractivity contribution in [3.8, 4) is 0 Å². The second kappa shape index (κ2) is 7.09. The number of carboxylic acid groups (broad SMARTS) is 1. The van der Waals surface area contributed by atoms with Crippen molar-refractivity contribution in [2.75, 3.05) is 5.32 Å². The maximum atomic E-state index is 13.2. The van der Waals surface area contributed by atoms with E-state index in [9.17, 15) is 14.0 Å². The summed E-state index contributed by atoms with van der Waals surface area (Å²) in [5.41, 5.74) is 0.193. The number of nitrogens with one attached hydrogen (secondary N) is 2. The molecular weight excluding hydrogens is 287 g/mol. The van der Waals surface area contributed by atoms with Crippen molar-refractivity contribution in [2.24, 2.45) is 5.92 Å². The van der Waals surface area contributed by atoms with E-state index in [1.54, 1.807) is 0 Å². The minimum absolute atomic E-state index is 0.0563. The Kier molecular flexibility index (Phi) is 5.76. The number of rotatable bonds is 5.